The van der Waals surface area contributed by atoms with E-state index >= 15 is 0 Å². The molecule has 0 saturated carbocycles. The van der Waals surface area contributed by atoms with Crippen molar-refractivity contribution in [1.82, 2.24) is 0 Å². The predicted molar refractivity (Wildman–Crippen MR) is 24.7 cm³/mol. The highest BCUT2D eigenvalue weighted by molar-refractivity contribution is 7.75. The summed E-state index contributed by atoms with van der Waals surface area (Å²) < 4.78 is 9.21. The minimum Gasteiger partial charge on any atom is -0.371 e. The zero-order valence-electron chi connectivity index (χ0n) is 3.26. The van der Waals surface area contributed by atoms with Gasteiger partial charge in [-0.1, -0.05) is 0 Å². The van der Waals surface area contributed by atoms with Gasteiger partial charge in [-0.2, -0.15) is 0 Å². The van der Waals surface area contributed by atoms with Gasteiger partial charge in [0.15, 0.2) is 0 Å². The Kier molecular flexibility index (Phi) is 1.34. The molecule has 0 unspecified atom stereocenters. The molecule has 0 amide bonds. The van der Waals surface area contributed by atoms with Crippen LogP contribution < -0.4 is 0 Å². The Balaban J connectivity index is 1.88. The second-order valence-corrected chi connectivity index (χ2v) is 1.51. The zero-order chi connectivity index (χ0) is 4.41. The highest BCUT2D eigenvalue weighted by atomic mass is 32.1. The molecule has 1 aliphatic rings. The fraction of sp³-hybridized carbons (Fsp3) is 1.00. The quantitative estimate of drug-likeness (QED) is 0.309. The molecule has 0 aliphatic carbocycles. The maximum Gasteiger partial charge on any atom is 0.105 e. The Labute approximate surface area is 42.1 Å². The number of hydrogen-bond acceptors (Lipinski definition) is 3. The van der Waals surface area contributed by atoms with E-state index in [9.17, 15) is 0 Å². The molecule has 0 radical (unpaired) electrons. The summed E-state index contributed by atoms with van der Waals surface area (Å²) in [5.74, 6) is 0. The van der Waals surface area contributed by atoms with Crippen LogP contribution in [0.3, 0.4) is 0 Å². The third-order valence-corrected chi connectivity index (χ3v) is 0.812. The number of epoxide rings is 1. The van der Waals surface area contributed by atoms with Crippen molar-refractivity contribution in [3.05, 3.63) is 0 Å². The standard InChI is InChI=1S/C3H6O2S/c6-5-2-3-1-4-3/h3,6H,1-2H2/t3-/m1/s1. The zero-order valence-corrected chi connectivity index (χ0v) is 4.15. The largest absolute Gasteiger partial charge is 0.371 e. The van der Waals surface area contributed by atoms with Gasteiger partial charge in [-0.15, -0.1) is 0 Å². The van der Waals surface area contributed by atoms with Gasteiger partial charge in [-0.25, -0.2) is 0 Å². The first-order valence-corrected chi connectivity index (χ1v) is 2.18. The minimum atomic E-state index is 0.350. The van der Waals surface area contributed by atoms with Crippen LogP contribution in [-0.4, -0.2) is 19.3 Å². The van der Waals surface area contributed by atoms with Crippen molar-refractivity contribution >= 4 is 12.9 Å². The molecular formula is C3H6O2S. The lowest BCUT2D eigenvalue weighted by Gasteiger charge is -1.82. The summed E-state index contributed by atoms with van der Waals surface area (Å²) in [4.78, 5) is 0. The van der Waals surface area contributed by atoms with Crippen molar-refractivity contribution in [3.8, 4) is 0 Å². The van der Waals surface area contributed by atoms with Gasteiger partial charge in [0.1, 0.15) is 6.10 Å². The summed E-state index contributed by atoms with van der Waals surface area (Å²) in [6.45, 7) is 1.48. The van der Waals surface area contributed by atoms with Gasteiger partial charge in [-0.05, 0) is 12.9 Å². The van der Waals surface area contributed by atoms with E-state index in [0.717, 1.165) is 6.61 Å². The normalized spacial score (nSPS) is 30.5. The van der Waals surface area contributed by atoms with Crippen LogP contribution in [0.15, 0.2) is 0 Å². The van der Waals surface area contributed by atoms with Crippen molar-refractivity contribution in [2.75, 3.05) is 13.2 Å². The summed E-state index contributed by atoms with van der Waals surface area (Å²) in [7, 11) is 0. The van der Waals surface area contributed by atoms with Crippen molar-refractivity contribution in [2.45, 2.75) is 6.10 Å². The first-order chi connectivity index (χ1) is 2.93. The van der Waals surface area contributed by atoms with Gasteiger partial charge in [0.2, 0.25) is 0 Å². The molecule has 36 valence electrons. The van der Waals surface area contributed by atoms with E-state index in [1.165, 1.54) is 0 Å². The molecule has 0 N–H and O–H groups in total. The van der Waals surface area contributed by atoms with Crippen LogP contribution in [0.25, 0.3) is 0 Å². The molecule has 2 nitrogen and oxygen atoms in total. The number of rotatable bonds is 2. The number of hydrogen-bond donors (Lipinski definition) is 1. The molecule has 0 bridgehead atoms. The first-order valence-electron chi connectivity index (χ1n) is 1.81. The summed E-state index contributed by atoms with van der Waals surface area (Å²) in [6.07, 6.45) is 0.350. The molecular weight excluding hydrogens is 100 g/mol. The Morgan fingerprint density at radius 2 is 2.67 bits per heavy atom. The maximum absolute atomic E-state index is 4.78. The summed E-state index contributed by atoms with van der Waals surface area (Å²) in [5.41, 5.74) is 0. The summed E-state index contributed by atoms with van der Waals surface area (Å²) in [5, 5.41) is 0. The van der Waals surface area contributed by atoms with Gasteiger partial charge in [0, 0.05) is 0 Å². The van der Waals surface area contributed by atoms with Crippen molar-refractivity contribution in [3.63, 3.8) is 0 Å². The third-order valence-electron chi connectivity index (χ3n) is 0.663. The molecule has 0 aromatic rings. The van der Waals surface area contributed by atoms with Gasteiger partial charge in [-0.3, -0.25) is 0 Å². The summed E-state index contributed by atoms with van der Waals surface area (Å²) in [6, 6.07) is 0. The topological polar surface area (TPSA) is 21.8 Å². The van der Waals surface area contributed by atoms with Crippen molar-refractivity contribution in [1.29, 1.82) is 0 Å². The van der Waals surface area contributed by atoms with Crippen LogP contribution in [0.1, 0.15) is 0 Å². The Morgan fingerprint density at radius 3 is 2.83 bits per heavy atom. The molecule has 1 rings (SSSR count). The van der Waals surface area contributed by atoms with Crippen molar-refractivity contribution in [2.24, 2.45) is 0 Å². The molecule has 0 spiro atoms. The SMILES string of the molecule is SOC[C@H]1CO1. The average molecular weight is 106 g/mol. The van der Waals surface area contributed by atoms with Crippen molar-refractivity contribution < 1.29 is 8.92 Å². The van der Waals surface area contributed by atoms with Gasteiger partial charge in [0.25, 0.3) is 0 Å². The predicted octanol–water partition coefficient (Wildman–Crippen LogP) is 0.247. The Bertz CT molecular complexity index is 44.1. The van der Waals surface area contributed by atoms with Gasteiger partial charge < -0.3 is 8.92 Å². The molecule has 1 atom stereocenters. The highest BCUT2D eigenvalue weighted by Crippen LogP contribution is 2.08. The van der Waals surface area contributed by atoms with E-state index in [1.54, 1.807) is 0 Å². The minimum absolute atomic E-state index is 0.350. The second-order valence-electron chi connectivity index (χ2n) is 1.25. The fourth-order valence-corrected chi connectivity index (χ4v) is 0.414. The smallest absolute Gasteiger partial charge is 0.105 e. The maximum atomic E-state index is 4.78. The number of ether oxygens (including phenoxy) is 1. The van der Waals surface area contributed by atoms with E-state index < -0.39 is 0 Å². The fourth-order valence-electron chi connectivity index (χ4n) is 0.247. The van der Waals surface area contributed by atoms with E-state index in [-0.39, 0.29) is 0 Å². The lowest BCUT2D eigenvalue weighted by Crippen LogP contribution is -1.91. The molecule has 0 aromatic carbocycles. The third kappa shape index (κ3) is 1.16. The lowest BCUT2D eigenvalue weighted by atomic mass is 10.5. The lowest BCUT2D eigenvalue weighted by molar-refractivity contribution is 0.300. The molecule has 1 aliphatic heterocycles. The second kappa shape index (κ2) is 1.82. The Morgan fingerprint density at radius 1 is 2.00 bits per heavy atom. The molecule has 1 saturated heterocycles. The van der Waals surface area contributed by atoms with Gasteiger partial charge >= 0.3 is 0 Å². The number of thiol groups is 1. The molecule has 3 heteroatoms. The highest BCUT2D eigenvalue weighted by Gasteiger charge is 2.21. The van der Waals surface area contributed by atoms with Crippen LogP contribution in [0.4, 0.5) is 0 Å². The van der Waals surface area contributed by atoms with Gasteiger partial charge in [0.05, 0.1) is 13.2 Å². The summed E-state index contributed by atoms with van der Waals surface area (Å²) >= 11 is 3.52. The monoisotopic (exact) mass is 106 g/mol. The van der Waals surface area contributed by atoms with Crippen LogP contribution >= 0.6 is 12.9 Å². The molecule has 1 heterocycles. The van der Waals surface area contributed by atoms with Crippen LogP contribution in [0.5, 0.6) is 0 Å². The van der Waals surface area contributed by atoms with E-state index in [0.29, 0.717) is 12.7 Å². The first kappa shape index (κ1) is 4.43. The van der Waals surface area contributed by atoms with Crippen LogP contribution in [0, 0.1) is 0 Å². The molecule has 6 heavy (non-hydrogen) atoms. The van der Waals surface area contributed by atoms with Crippen LogP contribution in [-0.2, 0) is 8.92 Å². The molecule has 1 fully saturated rings. The van der Waals surface area contributed by atoms with E-state index in [2.05, 4.69) is 17.1 Å². The Hall–Kier alpha value is 0.270. The van der Waals surface area contributed by atoms with Crippen LogP contribution in [0.2, 0.25) is 0 Å². The van der Waals surface area contributed by atoms with E-state index in [1.807, 2.05) is 0 Å². The average Bonchev–Trinajstić information content (AvgIpc) is 2.21. The molecule has 0 aromatic heterocycles. The van der Waals surface area contributed by atoms with E-state index in [4.69, 9.17) is 4.74 Å².